The first-order chi connectivity index (χ1) is 9.51. The molecule has 0 aliphatic rings. The van der Waals surface area contributed by atoms with Crippen LogP contribution in [0.15, 0.2) is 24.3 Å². The van der Waals surface area contributed by atoms with Crippen molar-refractivity contribution in [3.8, 4) is 6.07 Å². The van der Waals surface area contributed by atoms with Crippen LogP contribution in [-0.2, 0) is 11.3 Å². The van der Waals surface area contributed by atoms with Gasteiger partial charge in [0.2, 0.25) is 0 Å². The summed E-state index contributed by atoms with van der Waals surface area (Å²) in [6.07, 6.45) is 0.401. The highest BCUT2D eigenvalue weighted by atomic mass is 16.4. The summed E-state index contributed by atoms with van der Waals surface area (Å²) in [5.41, 5.74) is 1.37. The quantitative estimate of drug-likeness (QED) is 0.734. The Morgan fingerprint density at radius 2 is 2.20 bits per heavy atom. The Kier molecular flexibility index (Phi) is 6.04. The van der Waals surface area contributed by atoms with Gasteiger partial charge in [0.15, 0.2) is 0 Å². The van der Waals surface area contributed by atoms with Gasteiger partial charge in [-0.3, -0.25) is 4.79 Å². The summed E-state index contributed by atoms with van der Waals surface area (Å²) in [7, 11) is 0. The van der Waals surface area contributed by atoms with Crippen molar-refractivity contribution in [2.45, 2.75) is 32.4 Å². The first-order valence-corrected chi connectivity index (χ1v) is 6.26. The van der Waals surface area contributed by atoms with Crippen LogP contribution < -0.4 is 10.6 Å². The lowest BCUT2D eigenvalue weighted by Crippen LogP contribution is -2.40. The lowest BCUT2D eigenvalue weighted by molar-refractivity contribution is -0.137. The van der Waals surface area contributed by atoms with Gasteiger partial charge in [-0.2, -0.15) is 5.26 Å². The van der Waals surface area contributed by atoms with Crippen LogP contribution in [0, 0.1) is 11.3 Å². The third kappa shape index (κ3) is 5.87. The van der Waals surface area contributed by atoms with E-state index in [1.54, 1.807) is 25.1 Å². The summed E-state index contributed by atoms with van der Waals surface area (Å²) in [5, 5.41) is 22.6. The summed E-state index contributed by atoms with van der Waals surface area (Å²) in [6, 6.07) is 8.42. The molecule has 3 N–H and O–H groups in total. The van der Waals surface area contributed by atoms with Crippen molar-refractivity contribution in [3.05, 3.63) is 35.4 Å². The van der Waals surface area contributed by atoms with Crippen LogP contribution >= 0.6 is 0 Å². The van der Waals surface area contributed by atoms with Crippen LogP contribution in [0.3, 0.4) is 0 Å². The highest BCUT2D eigenvalue weighted by molar-refractivity contribution is 5.74. The van der Waals surface area contributed by atoms with Crippen molar-refractivity contribution >= 4 is 12.0 Å². The standard InChI is InChI=1S/C14H17N3O3/c1-10(5-6-13(18)19)17-14(20)16-9-12-4-2-3-11(7-12)8-15/h2-4,7,10H,5-6,9H2,1H3,(H,18,19)(H2,16,17,20). The minimum absolute atomic E-state index is 0.0195. The second-order valence-electron chi connectivity index (χ2n) is 4.47. The van der Waals surface area contributed by atoms with E-state index in [9.17, 15) is 9.59 Å². The zero-order chi connectivity index (χ0) is 15.0. The SMILES string of the molecule is CC(CCC(=O)O)NC(=O)NCc1cccc(C#N)c1. The van der Waals surface area contributed by atoms with Gasteiger partial charge in [-0.15, -0.1) is 0 Å². The minimum atomic E-state index is -0.882. The fourth-order valence-electron chi connectivity index (χ4n) is 1.62. The molecule has 0 radical (unpaired) electrons. The maximum absolute atomic E-state index is 11.6. The molecule has 6 nitrogen and oxygen atoms in total. The number of urea groups is 1. The highest BCUT2D eigenvalue weighted by Crippen LogP contribution is 2.03. The number of carboxylic acids is 1. The summed E-state index contributed by atoms with van der Waals surface area (Å²) in [4.78, 5) is 22.0. The minimum Gasteiger partial charge on any atom is -0.481 e. The zero-order valence-electron chi connectivity index (χ0n) is 11.2. The van der Waals surface area contributed by atoms with E-state index in [0.29, 0.717) is 18.5 Å². The van der Waals surface area contributed by atoms with Crippen LogP contribution in [0.2, 0.25) is 0 Å². The second kappa shape index (κ2) is 7.79. The number of nitrogens with one attached hydrogen (secondary N) is 2. The van der Waals surface area contributed by atoms with Gasteiger partial charge in [0, 0.05) is 19.0 Å². The predicted octanol–water partition coefficient (Wildman–Crippen LogP) is 1.61. The van der Waals surface area contributed by atoms with Crippen molar-refractivity contribution < 1.29 is 14.7 Å². The maximum Gasteiger partial charge on any atom is 0.315 e. The number of rotatable bonds is 6. The molecular formula is C14H17N3O3. The Morgan fingerprint density at radius 3 is 2.85 bits per heavy atom. The fourth-order valence-corrected chi connectivity index (χ4v) is 1.62. The first-order valence-electron chi connectivity index (χ1n) is 6.26. The number of hydrogen-bond donors (Lipinski definition) is 3. The molecule has 0 spiro atoms. The molecule has 0 bridgehead atoms. The molecule has 1 rings (SSSR count). The summed E-state index contributed by atoms with van der Waals surface area (Å²) in [5.74, 6) is -0.882. The van der Waals surface area contributed by atoms with Gasteiger partial charge < -0.3 is 15.7 Å². The number of carbonyl (C=O) groups excluding carboxylic acids is 1. The number of amides is 2. The molecule has 6 heteroatoms. The number of nitrogens with zero attached hydrogens (tertiary/aromatic N) is 1. The van der Waals surface area contributed by atoms with Gasteiger partial charge in [0.05, 0.1) is 11.6 Å². The number of carbonyl (C=O) groups is 2. The first kappa shape index (κ1) is 15.5. The summed E-state index contributed by atoms with van der Waals surface area (Å²) >= 11 is 0. The number of benzene rings is 1. The van der Waals surface area contributed by atoms with Crippen molar-refractivity contribution in [2.24, 2.45) is 0 Å². The Morgan fingerprint density at radius 1 is 1.45 bits per heavy atom. The molecule has 0 aliphatic carbocycles. The number of nitriles is 1. The molecule has 1 aromatic rings. The molecule has 106 valence electrons. The molecular weight excluding hydrogens is 258 g/mol. The van der Waals surface area contributed by atoms with Crippen molar-refractivity contribution in [2.75, 3.05) is 0 Å². The molecule has 0 aromatic heterocycles. The van der Waals surface area contributed by atoms with Crippen LogP contribution in [0.5, 0.6) is 0 Å². The lowest BCUT2D eigenvalue weighted by atomic mass is 10.1. The number of carboxylic acid groups (broad SMARTS) is 1. The van der Waals surface area contributed by atoms with E-state index in [4.69, 9.17) is 10.4 Å². The average molecular weight is 275 g/mol. The molecule has 2 amide bonds. The van der Waals surface area contributed by atoms with Gasteiger partial charge in [0.1, 0.15) is 0 Å². The maximum atomic E-state index is 11.6. The monoisotopic (exact) mass is 275 g/mol. The van der Waals surface area contributed by atoms with Crippen LogP contribution in [0.4, 0.5) is 4.79 Å². The van der Waals surface area contributed by atoms with Gasteiger partial charge in [-0.25, -0.2) is 4.79 Å². The van der Waals surface area contributed by atoms with E-state index in [1.807, 2.05) is 12.1 Å². The molecule has 0 fully saturated rings. The van der Waals surface area contributed by atoms with Gasteiger partial charge >= 0.3 is 12.0 Å². The van der Waals surface area contributed by atoms with E-state index >= 15 is 0 Å². The normalized spacial score (nSPS) is 11.2. The van der Waals surface area contributed by atoms with Gasteiger partial charge in [0.25, 0.3) is 0 Å². The van der Waals surface area contributed by atoms with E-state index in [-0.39, 0.29) is 18.5 Å². The topological polar surface area (TPSA) is 102 Å². The molecule has 0 aliphatic heterocycles. The molecule has 20 heavy (non-hydrogen) atoms. The van der Waals surface area contributed by atoms with E-state index in [0.717, 1.165) is 5.56 Å². The van der Waals surface area contributed by atoms with Crippen molar-refractivity contribution in [1.29, 1.82) is 5.26 Å². The summed E-state index contributed by atoms with van der Waals surface area (Å²) < 4.78 is 0. The molecule has 0 saturated heterocycles. The van der Waals surface area contributed by atoms with Gasteiger partial charge in [-0.1, -0.05) is 12.1 Å². The van der Waals surface area contributed by atoms with Crippen molar-refractivity contribution in [3.63, 3.8) is 0 Å². The Labute approximate surface area is 117 Å². The third-order valence-electron chi connectivity index (χ3n) is 2.68. The van der Waals surface area contributed by atoms with Crippen LogP contribution in [0.25, 0.3) is 0 Å². The number of aliphatic carboxylic acids is 1. The number of hydrogen-bond acceptors (Lipinski definition) is 3. The Bertz CT molecular complexity index is 523. The Balaban J connectivity index is 2.35. The lowest BCUT2D eigenvalue weighted by Gasteiger charge is -2.13. The van der Waals surface area contributed by atoms with Crippen molar-refractivity contribution in [1.82, 2.24) is 10.6 Å². The highest BCUT2D eigenvalue weighted by Gasteiger charge is 2.08. The van der Waals surface area contributed by atoms with E-state index < -0.39 is 5.97 Å². The molecule has 1 aromatic carbocycles. The van der Waals surface area contributed by atoms with Gasteiger partial charge in [-0.05, 0) is 31.0 Å². The van der Waals surface area contributed by atoms with E-state index in [2.05, 4.69) is 10.6 Å². The third-order valence-corrected chi connectivity index (χ3v) is 2.68. The van der Waals surface area contributed by atoms with Crippen LogP contribution in [0.1, 0.15) is 30.9 Å². The smallest absolute Gasteiger partial charge is 0.315 e. The fraction of sp³-hybridized carbons (Fsp3) is 0.357. The molecule has 0 heterocycles. The second-order valence-corrected chi connectivity index (χ2v) is 4.47. The zero-order valence-corrected chi connectivity index (χ0v) is 11.2. The predicted molar refractivity (Wildman–Crippen MR) is 72.9 cm³/mol. The summed E-state index contributed by atoms with van der Waals surface area (Å²) in [6.45, 7) is 2.06. The largest absolute Gasteiger partial charge is 0.481 e. The van der Waals surface area contributed by atoms with Crippen LogP contribution in [-0.4, -0.2) is 23.1 Å². The molecule has 1 unspecified atom stereocenters. The Hall–Kier alpha value is -2.55. The van der Waals surface area contributed by atoms with E-state index in [1.165, 1.54) is 0 Å². The molecule has 1 atom stereocenters. The molecule has 0 saturated carbocycles. The average Bonchev–Trinajstić information content (AvgIpc) is 2.43.